The van der Waals surface area contributed by atoms with E-state index in [9.17, 15) is 13.2 Å². The minimum absolute atomic E-state index is 0.0982. The summed E-state index contributed by atoms with van der Waals surface area (Å²) in [5, 5.41) is 3.50. The molecule has 12 heteroatoms. The van der Waals surface area contributed by atoms with Gasteiger partial charge < -0.3 is 19.9 Å². The second-order valence-corrected chi connectivity index (χ2v) is 12.8. The van der Waals surface area contributed by atoms with E-state index >= 15 is 0 Å². The van der Waals surface area contributed by atoms with Crippen LogP contribution < -0.4 is 19.7 Å². The van der Waals surface area contributed by atoms with Gasteiger partial charge in [0.05, 0.1) is 27.8 Å². The fourth-order valence-corrected chi connectivity index (χ4v) is 7.15. The predicted octanol–water partition coefficient (Wildman–Crippen LogP) is 5.52. The summed E-state index contributed by atoms with van der Waals surface area (Å²) < 4.78 is 34.9. The molecule has 0 bridgehead atoms. The van der Waals surface area contributed by atoms with Crippen molar-refractivity contribution in [2.75, 3.05) is 48.2 Å². The second kappa shape index (κ2) is 11.9. The highest BCUT2D eigenvalue weighted by molar-refractivity contribution is 7.93. The molecule has 3 heterocycles. The molecule has 3 aromatic carbocycles. The number of anilines is 4. The fourth-order valence-electron chi connectivity index (χ4n) is 4.97. The number of hydrogen-bond donors (Lipinski definition) is 2. The van der Waals surface area contributed by atoms with Gasteiger partial charge in [0, 0.05) is 43.8 Å². The number of thiazole rings is 1. The summed E-state index contributed by atoms with van der Waals surface area (Å²) in [5.74, 6) is 1.10. The number of piperazine rings is 1. The van der Waals surface area contributed by atoms with Crippen molar-refractivity contribution in [3.63, 3.8) is 0 Å². The van der Waals surface area contributed by atoms with Gasteiger partial charge in [0.25, 0.3) is 15.9 Å². The molecule has 0 atom stereocenters. The number of carbonyl (C=O) groups is 1. The Balaban J connectivity index is 1.11. The number of hydrogen-bond acceptors (Lipinski definition) is 9. The number of carbonyl (C=O) groups excluding carboxylic acids is 1. The SMILES string of the molecule is COc1ccc(N2CCN(C(=O)c3cccnc3Nc3ccc(S(=O)(=O)Nc4nc5c(C)cccc5s4)cc3)CC2)cc1. The number of benzene rings is 3. The van der Waals surface area contributed by atoms with E-state index in [0.29, 0.717) is 48.4 Å². The van der Waals surface area contributed by atoms with Crippen molar-refractivity contribution in [2.24, 2.45) is 0 Å². The van der Waals surface area contributed by atoms with E-state index < -0.39 is 10.0 Å². The first-order valence-electron chi connectivity index (χ1n) is 13.7. The number of amides is 1. The van der Waals surface area contributed by atoms with Crippen LogP contribution in [-0.4, -0.2) is 62.5 Å². The number of para-hydroxylation sites is 1. The Morgan fingerprint density at radius 3 is 2.37 bits per heavy atom. The molecular weight excluding hydrogens is 585 g/mol. The van der Waals surface area contributed by atoms with Crippen molar-refractivity contribution in [1.82, 2.24) is 14.9 Å². The summed E-state index contributed by atoms with van der Waals surface area (Å²) in [7, 11) is -2.20. The van der Waals surface area contributed by atoms with Gasteiger partial charge in [0.1, 0.15) is 11.6 Å². The normalized spacial score (nSPS) is 13.6. The molecule has 1 fully saturated rings. The van der Waals surface area contributed by atoms with Gasteiger partial charge in [0.15, 0.2) is 5.13 Å². The molecule has 43 heavy (non-hydrogen) atoms. The van der Waals surface area contributed by atoms with Crippen LogP contribution in [0.15, 0.2) is 90.0 Å². The van der Waals surface area contributed by atoms with E-state index in [-0.39, 0.29) is 10.8 Å². The Morgan fingerprint density at radius 1 is 0.930 bits per heavy atom. The lowest BCUT2D eigenvalue weighted by Gasteiger charge is -2.36. The molecule has 2 aromatic heterocycles. The predicted molar refractivity (Wildman–Crippen MR) is 170 cm³/mol. The maximum Gasteiger partial charge on any atom is 0.263 e. The number of ether oxygens (including phenoxy) is 1. The van der Waals surface area contributed by atoms with Gasteiger partial charge in [-0.15, -0.1) is 0 Å². The zero-order valence-corrected chi connectivity index (χ0v) is 25.3. The van der Waals surface area contributed by atoms with Crippen LogP contribution in [0.5, 0.6) is 5.75 Å². The number of fused-ring (bicyclic) bond motifs is 1. The van der Waals surface area contributed by atoms with E-state index in [2.05, 4.69) is 24.9 Å². The number of methoxy groups -OCH3 is 1. The topological polar surface area (TPSA) is 117 Å². The minimum atomic E-state index is -3.84. The third kappa shape index (κ3) is 6.11. The lowest BCUT2D eigenvalue weighted by Crippen LogP contribution is -2.48. The second-order valence-electron chi connectivity index (χ2n) is 10.1. The number of aryl methyl sites for hydroxylation is 1. The zero-order valence-electron chi connectivity index (χ0n) is 23.6. The zero-order chi connectivity index (χ0) is 30.0. The number of sulfonamides is 1. The van der Waals surface area contributed by atoms with Crippen LogP contribution in [0.4, 0.5) is 22.3 Å². The average molecular weight is 615 g/mol. The van der Waals surface area contributed by atoms with E-state index in [1.54, 1.807) is 37.6 Å². The van der Waals surface area contributed by atoms with Gasteiger partial charge >= 0.3 is 0 Å². The van der Waals surface area contributed by atoms with Gasteiger partial charge in [-0.1, -0.05) is 23.5 Å². The molecule has 1 amide bonds. The highest BCUT2D eigenvalue weighted by Gasteiger charge is 2.25. The number of nitrogens with zero attached hydrogens (tertiary/aromatic N) is 4. The Bertz CT molecular complexity index is 1870. The molecule has 0 radical (unpaired) electrons. The fraction of sp³-hybridized carbons (Fsp3) is 0.194. The first kappa shape index (κ1) is 28.4. The third-order valence-electron chi connectivity index (χ3n) is 7.31. The standard InChI is InChI=1S/C31H30N6O4S2/c1-21-5-3-7-27-28(21)34-31(42-27)35-43(39,40)25-14-8-22(9-15-25)33-29-26(6-4-16-32-29)30(38)37-19-17-36(18-20-37)23-10-12-24(41-2)13-11-23/h3-16H,17-20H2,1-2H3,(H,32,33)(H,34,35). The van der Waals surface area contributed by atoms with Crippen LogP contribution in [0.25, 0.3) is 10.2 Å². The molecule has 1 aliphatic rings. The molecule has 0 unspecified atom stereocenters. The van der Waals surface area contributed by atoms with Crippen molar-refractivity contribution in [3.8, 4) is 5.75 Å². The Hall–Kier alpha value is -4.68. The molecule has 1 aliphatic heterocycles. The van der Waals surface area contributed by atoms with Gasteiger partial charge in [-0.25, -0.2) is 18.4 Å². The van der Waals surface area contributed by atoms with E-state index in [0.717, 1.165) is 27.2 Å². The summed E-state index contributed by atoms with van der Waals surface area (Å²) in [6, 6.07) is 23.5. The quantitative estimate of drug-likeness (QED) is 0.235. The lowest BCUT2D eigenvalue weighted by molar-refractivity contribution is 0.0747. The maximum absolute atomic E-state index is 13.5. The van der Waals surface area contributed by atoms with Crippen molar-refractivity contribution >= 4 is 59.8 Å². The van der Waals surface area contributed by atoms with Crippen molar-refractivity contribution in [2.45, 2.75) is 11.8 Å². The van der Waals surface area contributed by atoms with Crippen LogP contribution in [0, 0.1) is 6.92 Å². The van der Waals surface area contributed by atoms with Crippen LogP contribution in [0.1, 0.15) is 15.9 Å². The summed E-state index contributed by atoms with van der Waals surface area (Å²) in [4.78, 5) is 26.5. The van der Waals surface area contributed by atoms with Crippen molar-refractivity contribution < 1.29 is 17.9 Å². The van der Waals surface area contributed by atoms with Gasteiger partial charge in [0.2, 0.25) is 0 Å². The first-order valence-corrected chi connectivity index (χ1v) is 16.0. The Labute approximate surface area is 254 Å². The Morgan fingerprint density at radius 2 is 1.67 bits per heavy atom. The minimum Gasteiger partial charge on any atom is -0.497 e. The third-order valence-corrected chi connectivity index (χ3v) is 9.73. The molecule has 0 saturated carbocycles. The smallest absolute Gasteiger partial charge is 0.263 e. The lowest BCUT2D eigenvalue weighted by atomic mass is 10.2. The van der Waals surface area contributed by atoms with E-state index in [1.807, 2.05) is 54.3 Å². The van der Waals surface area contributed by atoms with Gasteiger partial charge in [-0.2, -0.15) is 0 Å². The molecule has 0 spiro atoms. The molecule has 5 aromatic rings. The average Bonchev–Trinajstić information content (AvgIpc) is 3.44. The number of aromatic nitrogens is 2. The van der Waals surface area contributed by atoms with E-state index in [4.69, 9.17) is 4.74 Å². The van der Waals surface area contributed by atoms with E-state index in [1.165, 1.54) is 23.5 Å². The highest BCUT2D eigenvalue weighted by Crippen LogP contribution is 2.30. The van der Waals surface area contributed by atoms with Crippen molar-refractivity contribution in [3.05, 3.63) is 96.2 Å². The number of rotatable bonds is 8. The largest absolute Gasteiger partial charge is 0.497 e. The molecular formula is C31H30N6O4S2. The molecule has 10 nitrogen and oxygen atoms in total. The maximum atomic E-state index is 13.5. The first-order chi connectivity index (χ1) is 20.8. The summed E-state index contributed by atoms with van der Waals surface area (Å²) in [6.07, 6.45) is 1.61. The van der Waals surface area contributed by atoms with Crippen LogP contribution in [0.3, 0.4) is 0 Å². The molecule has 220 valence electrons. The number of pyridine rings is 1. The van der Waals surface area contributed by atoms with Gasteiger partial charge in [-0.05, 0) is 79.2 Å². The van der Waals surface area contributed by atoms with Crippen molar-refractivity contribution in [1.29, 1.82) is 0 Å². The monoisotopic (exact) mass is 614 g/mol. The highest BCUT2D eigenvalue weighted by atomic mass is 32.2. The molecule has 1 saturated heterocycles. The molecule has 6 rings (SSSR count). The summed E-state index contributed by atoms with van der Waals surface area (Å²) >= 11 is 1.29. The van der Waals surface area contributed by atoms with Crippen LogP contribution >= 0.6 is 11.3 Å². The molecule has 2 N–H and O–H groups in total. The molecule has 0 aliphatic carbocycles. The number of nitrogens with one attached hydrogen (secondary N) is 2. The summed E-state index contributed by atoms with van der Waals surface area (Å²) in [5.41, 5.74) is 3.91. The van der Waals surface area contributed by atoms with Crippen LogP contribution in [0.2, 0.25) is 0 Å². The van der Waals surface area contributed by atoms with Crippen LogP contribution in [-0.2, 0) is 10.0 Å². The van der Waals surface area contributed by atoms with Gasteiger partial charge in [-0.3, -0.25) is 9.52 Å². The Kier molecular flexibility index (Phi) is 7.87. The summed E-state index contributed by atoms with van der Waals surface area (Å²) in [6.45, 7) is 4.51.